The number of carbonyl (C=O) groups is 1. The molecule has 0 atom stereocenters. The van der Waals surface area contributed by atoms with Crippen molar-refractivity contribution in [2.24, 2.45) is 5.41 Å². The topological polar surface area (TPSA) is 53.4 Å². The first-order chi connectivity index (χ1) is 10.3. The summed E-state index contributed by atoms with van der Waals surface area (Å²) in [6.45, 7) is 1.10. The molecule has 4 nitrogen and oxygen atoms in total. The number of alkyl halides is 3. The molecule has 1 aliphatic carbocycles. The smallest absolute Gasteiger partial charge is 0.433 e. The lowest BCUT2D eigenvalue weighted by Gasteiger charge is -2.52. The molecular weight excluding hydrogens is 297 g/mol. The van der Waals surface area contributed by atoms with Gasteiger partial charge in [-0.25, -0.2) is 4.79 Å². The van der Waals surface area contributed by atoms with Gasteiger partial charge in [0.2, 0.25) is 0 Å². The van der Waals surface area contributed by atoms with Crippen molar-refractivity contribution < 1.29 is 23.1 Å². The van der Waals surface area contributed by atoms with Gasteiger partial charge in [-0.05, 0) is 48.6 Å². The van der Waals surface area contributed by atoms with Gasteiger partial charge in [-0.3, -0.25) is 4.98 Å². The average molecular weight is 314 g/mol. The summed E-state index contributed by atoms with van der Waals surface area (Å²) in [6, 6.07) is 2.55. The van der Waals surface area contributed by atoms with E-state index in [2.05, 4.69) is 4.98 Å². The summed E-state index contributed by atoms with van der Waals surface area (Å²) < 4.78 is 37.5. The lowest BCUT2D eigenvalue weighted by molar-refractivity contribution is -0.141. The molecular formula is C15H17F3N2O2. The number of pyridine rings is 1. The molecule has 0 unspecified atom stereocenters. The van der Waals surface area contributed by atoms with Crippen LogP contribution in [0.3, 0.4) is 0 Å². The molecule has 1 N–H and O–H groups in total. The maximum absolute atomic E-state index is 12.5. The summed E-state index contributed by atoms with van der Waals surface area (Å²) in [6.07, 6.45) is -0.456. The Balaban J connectivity index is 1.59. The number of likely N-dealkylation sites (tertiary alicyclic amines) is 1. The minimum absolute atomic E-state index is 0.166. The van der Waals surface area contributed by atoms with Crippen LogP contribution >= 0.6 is 0 Å². The number of hydrogen-bond donors (Lipinski definition) is 1. The number of amides is 1. The highest BCUT2D eigenvalue weighted by Gasteiger charge is 2.47. The fraction of sp³-hybridized carbons (Fsp3) is 0.600. The van der Waals surface area contributed by atoms with Crippen LogP contribution < -0.4 is 0 Å². The van der Waals surface area contributed by atoms with Crippen LogP contribution in [-0.4, -0.2) is 34.2 Å². The number of carboxylic acid groups (broad SMARTS) is 1. The molecule has 2 heterocycles. The van der Waals surface area contributed by atoms with Gasteiger partial charge in [0.1, 0.15) is 5.69 Å². The fourth-order valence-corrected chi connectivity index (χ4v) is 3.62. The molecule has 120 valence electrons. The van der Waals surface area contributed by atoms with Crippen LogP contribution in [0.2, 0.25) is 0 Å². The first kappa shape index (κ1) is 15.1. The van der Waals surface area contributed by atoms with Gasteiger partial charge >= 0.3 is 12.3 Å². The Morgan fingerprint density at radius 2 is 1.91 bits per heavy atom. The number of hydrogen-bond acceptors (Lipinski definition) is 2. The summed E-state index contributed by atoms with van der Waals surface area (Å²) in [5.41, 5.74) is 0.151. The van der Waals surface area contributed by atoms with Gasteiger partial charge in [0, 0.05) is 19.3 Å². The van der Waals surface area contributed by atoms with E-state index in [0.29, 0.717) is 13.1 Å². The highest BCUT2D eigenvalue weighted by molar-refractivity contribution is 5.65. The maximum atomic E-state index is 12.5. The van der Waals surface area contributed by atoms with E-state index in [1.807, 2.05) is 0 Å². The van der Waals surface area contributed by atoms with Crippen molar-refractivity contribution in [2.75, 3.05) is 13.1 Å². The van der Waals surface area contributed by atoms with Gasteiger partial charge in [0.15, 0.2) is 0 Å². The Morgan fingerprint density at radius 3 is 2.36 bits per heavy atom. The van der Waals surface area contributed by atoms with E-state index in [0.717, 1.165) is 37.3 Å². The fourth-order valence-electron chi connectivity index (χ4n) is 3.62. The molecule has 0 bridgehead atoms. The highest BCUT2D eigenvalue weighted by atomic mass is 19.4. The summed E-state index contributed by atoms with van der Waals surface area (Å²) >= 11 is 0. The zero-order valence-corrected chi connectivity index (χ0v) is 11.9. The molecule has 1 saturated carbocycles. The third-order valence-corrected chi connectivity index (χ3v) is 5.00. The third-order valence-electron chi connectivity index (χ3n) is 5.00. The number of nitrogens with zero attached hydrogens (tertiary/aromatic N) is 2. The van der Waals surface area contributed by atoms with Gasteiger partial charge in [0.05, 0.1) is 0 Å². The maximum Gasteiger partial charge on any atom is 0.433 e. The molecule has 1 aliphatic heterocycles. The lowest BCUT2D eigenvalue weighted by Crippen LogP contribution is -2.47. The van der Waals surface area contributed by atoms with E-state index in [1.165, 1.54) is 17.2 Å². The molecule has 1 saturated heterocycles. The molecule has 2 aliphatic rings. The highest BCUT2D eigenvalue weighted by Crippen LogP contribution is 2.56. The molecule has 1 amide bonds. The van der Waals surface area contributed by atoms with E-state index in [4.69, 9.17) is 5.11 Å². The molecule has 7 heteroatoms. The van der Waals surface area contributed by atoms with Gasteiger partial charge < -0.3 is 10.0 Å². The quantitative estimate of drug-likeness (QED) is 0.859. The predicted molar refractivity (Wildman–Crippen MR) is 72.5 cm³/mol. The van der Waals surface area contributed by atoms with Crippen molar-refractivity contribution >= 4 is 6.09 Å². The van der Waals surface area contributed by atoms with E-state index < -0.39 is 18.0 Å². The predicted octanol–water partition coefficient (Wildman–Crippen LogP) is 3.74. The van der Waals surface area contributed by atoms with Gasteiger partial charge in [0.25, 0.3) is 0 Å². The molecule has 3 rings (SSSR count). The lowest BCUT2D eigenvalue weighted by atomic mass is 9.56. The Hall–Kier alpha value is -1.79. The standard InChI is InChI=1S/C15H17F3N2O2/c16-15(17,18)12-2-1-10(9-19-12)11-7-14(8-11)3-5-20(6-4-14)13(21)22/h1-2,9,11H,3-8H2,(H,21,22). The first-order valence-electron chi connectivity index (χ1n) is 7.30. The molecule has 0 aromatic carbocycles. The van der Waals surface area contributed by atoms with Gasteiger partial charge in [-0.1, -0.05) is 6.07 Å². The van der Waals surface area contributed by atoms with Crippen LogP contribution in [0.15, 0.2) is 18.3 Å². The van der Waals surface area contributed by atoms with Crippen molar-refractivity contribution in [3.63, 3.8) is 0 Å². The van der Waals surface area contributed by atoms with Crippen LogP contribution in [0.25, 0.3) is 0 Å². The minimum atomic E-state index is -4.40. The monoisotopic (exact) mass is 314 g/mol. The normalized spacial score (nSPS) is 21.7. The molecule has 2 fully saturated rings. The van der Waals surface area contributed by atoms with Gasteiger partial charge in [-0.15, -0.1) is 0 Å². The molecule has 1 aromatic heterocycles. The zero-order chi connectivity index (χ0) is 16.0. The van der Waals surface area contributed by atoms with E-state index in [9.17, 15) is 18.0 Å². The van der Waals surface area contributed by atoms with Crippen LogP contribution in [0.4, 0.5) is 18.0 Å². The Bertz CT molecular complexity index is 555. The minimum Gasteiger partial charge on any atom is -0.465 e. The summed E-state index contributed by atoms with van der Waals surface area (Å²) in [4.78, 5) is 15.8. The second-order valence-electron chi connectivity index (χ2n) is 6.35. The third kappa shape index (κ3) is 2.76. The number of piperidine rings is 1. The number of aromatic nitrogens is 1. The number of rotatable bonds is 1. The first-order valence-corrected chi connectivity index (χ1v) is 7.30. The van der Waals surface area contributed by atoms with Gasteiger partial charge in [-0.2, -0.15) is 13.2 Å². The van der Waals surface area contributed by atoms with Crippen molar-refractivity contribution in [3.8, 4) is 0 Å². The van der Waals surface area contributed by atoms with E-state index >= 15 is 0 Å². The second-order valence-corrected chi connectivity index (χ2v) is 6.35. The Labute approximate surface area is 126 Å². The summed E-state index contributed by atoms with van der Waals surface area (Å²) in [5, 5.41) is 8.95. The van der Waals surface area contributed by atoms with Crippen LogP contribution in [0, 0.1) is 5.41 Å². The molecule has 22 heavy (non-hydrogen) atoms. The van der Waals surface area contributed by atoms with Crippen molar-refractivity contribution in [1.29, 1.82) is 0 Å². The van der Waals surface area contributed by atoms with Crippen molar-refractivity contribution in [2.45, 2.75) is 37.8 Å². The largest absolute Gasteiger partial charge is 0.465 e. The average Bonchev–Trinajstić information content (AvgIpc) is 2.44. The molecule has 1 spiro atoms. The SMILES string of the molecule is O=C(O)N1CCC2(CC1)CC(c1ccc(C(F)(F)F)nc1)C2. The summed E-state index contributed by atoms with van der Waals surface area (Å²) in [5.74, 6) is 0.242. The Kier molecular flexibility index (Phi) is 3.53. The molecule has 0 radical (unpaired) electrons. The van der Waals surface area contributed by atoms with Crippen LogP contribution in [0.1, 0.15) is 42.9 Å². The van der Waals surface area contributed by atoms with E-state index in [1.54, 1.807) is 0 Å². The number of halogens is 3. The van der Waals surface area contributed by atoms with Crippen molar-refractivity contribution in [1.82, 2.24) is 9.88 Å². The summed E-state index contributed by atoms with van der Waals surface area (Å²) in [7, 11) is 0. The second kappa shape index (κ2) is 5.14. The Morgan fingerprint density at radius 1 is 1.27 bits per heavy atom. The van der Waals surface area contributed by atoms with Crippen LogP contribution in [-0.2, 0) is 6.18 Å². The zero-order valence-electron chi connectivity index (χ0n) is 11.9. The van der Waals surface area contributed by atoms with Crippen molar-refractivity contribution in [3.05, 3.63) is 29.6 Å². The van der Waals surface area contributed by atoms with Crippen LogP contribution in [0.5, 0.6) is 0 Å². The van der Waals surface area contributed by atoms with E-state index in [-0.39, 0.29) is 11.3 Å². The molecule has 1 aromatic rings.